The number of barbiturate groups is 1. The number of carbonyl (C=O) groups is 3. The number of benzene rings is 1. The minimum Gasteiger partial charge on any atom is -0.497 e. The molecule has 1 aliphatic heterocycles. The van der Waals surface area contributed by atoms with Crippen molar-refractivity contribution in [2.24, 2.45) is 0 Å². The Hall–Kier alpha value is -3.94. The van der Waals surface area contributed by atoms with Crippen LogP contribution in [0.4, 0.5) is 4.79 Å². The number of carbonyl (C=O) groups excluding carboxylic acids is 3. The van der Waals surface area contributed by atoms with E-state index in [-0.39, 0.29) is 5.57 Å². The van der Waals surface area contributed by atoms with E-state index in [0.717, 1.165) is 26.6 Å². The Labute approximate surface area is 166 Å². The summed E-state index contributed by atoms with van der Waals surface area (Å²) in [6.07, 6.45) is 3.29. The van der Waals surface area contributed by atoms with E-state index in [2.05, 4.69) is 4.98 Å². The molecule has 2 aromatic heterocycles. The smallest absolute Gasteiger partial charge is 0.333 e. The molecular weight excluding hydrogens is 372 g/mol. The van der Waals surface area contributed by atoms with Gasteiger partial charge in [0, 0.05) is 25.9 Å². The lowest BCUT2D eigenvalue weighted by Gasteiger charge is -2.28. The first-order valence-corrected chi connectivity index (χ1v) is 8.85. The van der Waals surface area contributed by atoms with Crippen LogP contribution in [-0.4, -0.2) is 58.2 Å². The summed E-state index contributed by atoms with van der Waals surface area (Å²) < 4.78 is 7.08. The van der Waals surface area contributed by atoms with Gasteiger partial charge in [0.25, 0.3) is 11.8 Å². The summed E-state index contributed by atoms with van der Waals surface area (Å²) in [5.41, 5.74) is 1.93. The monoisotopic (exact) mass is 390 g/mol. The average molecular weight is 390 g/mol. The summed E-state index contributed by atoms with van der Waals surface area (Å²) in [4.78, 5) is 43.5. The van der Waals surface area contributed by atoms with Crippen LogP contribution < -0.4 is 4.74 Å². The molecule has 0 atom stereocenters. The number of aromatic nitrogens is 2. The number of rotatable bonds is 3. The first-order valence-electron chi connectivity index (χ1n) is 8.85. The van der Waals surface area contributed by atoms with Crippen LogP contribution in [0.5, 0.6) is 5.75 Å². The highest BCUT2D eigenvalue weighted by atomic mass is 16.5. The van der Waals surface area contributed by atoms with E-state index in [9.17, 15) is 14.4 Å². The van der Waals surface area contributed by atoms with Crippen molar-refractivity contribution in [3.05, 3.63) is 59.9 Å². The molecule has 0 saturated carbocycles. The quantitative estimate of drug-likeness (QED) is 0.507. The molecule has 0 bridgehead atoms. The molecule has 0 radical (unpaired) electrons. The highest BCUT2D eigenvalue weighted by Gasteiger charge is 2.38. The zero-order valence-corrected chi connectivity index (χ0v) is 16.1. The van der Waals surface area contributed by atoms with Crippen LogP contribution in [0.25, 0.3) is 23.0 Å². The number of imidazole rings is 1. The van der Waals surface area contributed by atoms with Gasteiger partial charge in [-0.05, 0) is 42.5 Å². The van der Waals surface area contributed by atoms with E-state index in [4.69, 9.17) is 4.74 Å². The van der Waals surface area contributed by atoms with Gasteiger partial charge in [0.2, 0.25) is 0 Å². The molecular formula is C21H18N4O4. The maximum absolute atomic E-state index is 12.5. The number of hydrogen-bond acceptors (Lipinski definition) is 5. The first-order chi connectivity index (χ1) is 13.9. The SMILES string of the molecule is COc1ccc(-c2nc(C=C3C(=O)N(C)C(=O)N(C)C3=O)c3ccccn23)cc1. The van der Waals surface area contributed by atoms with E-state index in [1.807, 2.05) is 53.1 Å². The van der Waals surface area contributed by atoms with Gasteiger partial charge in [-0.25, -0.2) is 9.78 Å². The Morgan fingerprint density at radius 2 is 1.59 bits per heavy atom. The molecule has 8 nitrogen and oxygen atoms in total. The summed E-state index contributed by atoms with van der Waals surface area (Å²) in [5, 5.41) is 0. The van der Waals surface area contributed by atoms with Gasteiger partial charge < -0.3 is 4.74 Å². The molecule has 1 saturated heterocycles. The van der Waals surface area contributed by atoms with Gasteiger partial charge in [-0.3, -0.25) is 23.8 Å². The van der Waals surface area contributed by atoms with Crippen LogP contribution in [0, 0.1) is 0 Å². The van der Waals surface area contributed by atoms with Gasteiger partial charge in [-0.2, -0.15) is 0 Å². The standard InChI is InChI=1S/C21H18N4O4/c1-23-19(26)15(20(27)24(2)21(23)28)12-16-17-6-4-5-11-25(17)18(22-16)13-7-9-14(29-3)10-8-13/h4-12H,1-3H3. The molecule has 29 heavy (non-hydrogen) atoms. The molecule has 146 valence electrons. The van der Waals surface area contributed by atoms with Gasteiger partial charge in [-0.15, -0.1) is 0 Å². The van der Waals surface area contributed by atoms with Gasteiger partial charge in [0.1, 0.15) is 17.1 Å². The number of imide groups is 2. The number of fused-ring (bicyclic) bond motifs is 1. The van der Waals surface area contributed by atoms with Gasteiger partial charge in [0.05, 0.1) is 18.3 Å². The summed E-state index contributed by atoms with van der Waals surface area (Å²) >= 11 is 0. The van der Waals surface area contributed by atoms with Crippen molar-refractivity contribution in [3.8, 4) is 17.1 Å². The summed E-state index contributed by atoms with van der Waals surface area (Å²) in [7, 11) is 4.28. The highest BCUT2D eigenvalue weighted by molar-refractivity contribution is 6.30. The average Bonchev–Trinajstić information content (AvgIpc) is 3.12. The van der Waals surface area contributed by atoms with Crippen molar-refractivity contribution in [3.63, 3.8) is 0 Å². The number of hydrogen-bond donors (Lipinski definition) is 0. The van der Waals surface area contributed by atoms with Crippen LogP contribution in [0.1, 0.15) is 5.69 Å². The topological polar surface area (TPSA) is 84.2 Å². The second-order valence-electron chi connectivity index (χ2n) is 6.57. The molecule has 8 heteroatoms. The second kappa shape index (κ2) is 6.90. The minimum absolute atomic E-state index is 0.111. The molecule has 0 unspecified atom stereocenters. The molecule has 4 rings (SSSR count). The van der Waals surface area contributed by atoms with E-state index < -0.39 is 17.8 Å². The predicted molar refractivity (Wildman–Crippen MR) is 106 cm³/mol. The van der Waals surface area contributed by atoms with E-state index in [1.165, 1.54) is 20.2 Å². The van der Waals surface area contributed by atoms with Crippen molar-refractivity contribution in [2.45, 2.75) is 0 Å². The summed E-state index contributed by atoms with van der Waals surface area (Å²) in [6, 6.07) is 12.3. The lowest BCUT2D eigenvalue weighted by atomic mass is 10.1. The van der Waals surface area contributed by atoms with Crippen LogP contribution in [0.15, 0.2) is 54.2 Å². The third-order valence-electron chi connectivity index (χ3n) is 4.85. The summed E-state index contributed by atoms with van der Waals surface area (Å²) in [5.74, 6) is 0.0806. The van der Waals surface area contributed by atoms with Crippen LogP contribution >= 0.6 is 0 Å². The van der Waals surface area contributed by atoms with Crippen LogP contribution in [0.2, 0.25) is 0 Å². The molecule has 4 amide bonds. The lowest BCUT2D eigenvalue weighted by Crippen LogP contribution is -2.52. The number of amides is 4. The zero-order valence-electron chi connectivity index (χ0n) is 16.1. The minimum atomic E-state index is -0.661. The second-order valence-corrected chi connectivity index (χ2v) is 6.57. The Morgan fingerprint density at radius 1 is 0.931 bits per heavy atom. The fourth-order valence-corrected chi connectivity index (χ4v) is 3.22. The Kier molecular flexibility index (Phi) is 4.38. The molecule has 1 aliphatic rings. The molecule has 1 aromatic carbocycles. The van der Waals surface area contributed by atoms with Gasteiger partial charge in [-0.1, -0.05) is 6.07 Å². The van der Waals surface area contributed by atoms with Gasteiger partial charge in [0.15, 0.2) is 0 Å². The van der Waals surface area contributed by atoms with E-state index in [0.29, 0.717) is 11.5 Å². The molecule has 0 N–H and O–H groups in total. The maximum Gasteiger partial charge on any atom is 0.333 e. The number of ether oxygens (including phenoxy) is 1. The van der Waals surface area contributed by atoms with Crippen molar-refractivity contribution in [2.75, 3.05) is 21.2 Å². The Morgan fingerprint density at radius 3 is 2.21 bits per heavy atom. The fourth-order valence-electron chi connectivity index (χ4n) is 3.22. The highest BCUT2D eigenvalue weighted by Crippen LogP contribution is 2.27. The van der Waals surface area contributed by atoms with Crippen molar-refractivity contribution in [1.29, 1.82) is 0 Å². The van der Waals surface area contributed by atoms with E-state index in [1.54, 1.807) is 7.11 Å². The number of pyridine rings is 1. The number of likely N-dealkylation sites (N-methyl/N-ethyl adjacent to an activating group) is 2. The third-order valence-corrected chi connectivity index (χ3v) is 4.85. The number of nitrogens with zero attached hydrogens (tertiary/aromatic N) is 4. The molecule has 3 heterocycles. The summed E-state index contributed by atoms with van der Waals surface area (Å²) in [6.45, 7) is 0. The predicted octanol–water partition coefficient (Wildman–Crippen LogP) is 2.44. The van der Waals surface area contributed by atoms with Gasteiger partial charge >= 0.3 is 6.03 Å². The zero-order chi connectivity index (χ0) is 20.7. The normalized spacial score (nSPS) is 14.7. The third kappa shape index (κ3) is 2.94. The van der Waals surface area contributed by atoms with Crippen molar-refractivity contribution < 1.29 is 19.1 Å². The fraction of sp³-hybridized carbons (Fsp3) is 0.143. The molecule has 0 spiro atoms. The number of methoxy groups -OCH3 is 1. The van der Waals surface area contributed by atoms with Crippen molar-refractivity contribution in [1.82, 2.24) is 19.2 Å². The molecule has 1 fully saturated rings. The van der Waals surface area contributed by atoms with Crippen LogP contribution in [0.3, 0.4) is 0 Å². The Balaban J connectivity index is 1.87. The molecule has 3 aromatic rings. The largest absolute Gasteiger partial charge is 0.497 e. The number of urea groups is 1. The molecule has 0 aliphatic carbocycles. The van der Waals surface area contributed by atoms with Crippen molar-refractivity contribution >= 4 is 29.4 Å². The Bertz CT molecular complexity index is 1150. The van der Waals surface area contributed by atoms with E-state index >= 15 is 0 Å². The lowest BCUT2D eigenvalue weighted by molar-refractivity contribution is -0.134. The van der Waals surface area contributed by atoms with Crippen LogP contribution in [-0.2, 0) is 9.59 Å². The maximum atomic E-state index is 12.5. The first kappa shape index (κ1) is 18.4.